The molecule has 0 bridgehead atoms. The first-order valence-electron chi connectivity index (χ1n) is 7.47. The summed E-state index contributed by atoms with van der Waals surface area (Å²) in [5.74, 6) is -0.168. The molecule has 0 aliphatic carbocycles. The highest BCUT2D eigenvalue weighted by atomic mass is 32.2. The van der Waals surface area contributed by atoms with Crippen molar-refractivity contribution in [1.82, 2.24) is 9.78 Å². The summed E-state index contributed by atoms with van der Waals surface area (Å²) in [4.78, 5) is 11.8. The standard InChI is InChI=1S/C16H18N2O4S/c19-16(10-14-6-9-23(20,21)12-14)22-11-13-2-4-15(5-3-13)18-8-1-7-17-18/h1-5,7-8,14H,6,9-12H2. The lowest BCUT2D eigenvalue weighted by atomic mass is 10.1. The van der Waals surface area contributed by atoms with Crippen LogP contribution in [0.4, 0.5) is 0 Å². The van der Waals surface area contributed by atoms with Crippen LogP contribution in [0.1, 0.15) is 18.4 Å². The van der Waals surface area contributed by atoms with Crippen LogP contribution in [-0.4, -0.2) is 35.7 Å². The van der Waals surface area contributed by atoms with Gasteiger partial charge in [-0.2, -0.15) is 5.10 Å². The van der Waals surface area contributed by atoms with Crippen LogP contribution in [0.15, 0.2) is 42.7 Å². The summed E-state index contributed by atoms with van der Waals surface area (Å²) in [6.45, 7) is 0.192. The predicted molar refractivity (Wildman–Crippen MR) is 84.7 cm³/mol. The maximum absolute atomic E-state index is 11.8. The zero-order valence-corrected chi connectivity index (χ0v) is 13.4. The highest BCUT2D eigenvalue weighted by Crippen LogP contribution is 2.22. The Balaban J connectivity index is 1.49. The maximum Gasteiger partial charge on any atom is 0.306 e. The van der Waals surface area contributed by atoms with Crippen LogP contribution in [0, 0.1) is 5.92 Å². The van der Waals surface area contributed by atoms with Crippen LogP contribution in [-0.2, 0) is 26.0 Å². The summed E-state index contributed by atoms with van der Waals surface area (Å²) in [6, 6.07) is 9.41. The molecular weight excluding hydrogens is 316 g/mol. The Kier molecular flexibility index (Phi) is 4.47. The van der Waals surface area contributed by atoms with Crippen LogP contribution < -0.4 is 0 Å². The predicted octanol–water partition coefficient (Wildman–Crippen LogP) is 1.74. The fourth-order valence-electron chi connectivity index (χ4n) is 2.66. The lowest BCUT2D eigenvalue weighted by Crippen LogP contribution is -2.13. The van der Waals surface area contributed by atoms with E-state index in [0.29, 0.717) is 6.42 Å². The number of carbonyl (C=O) groups excluding carboxylic acids is 1. The average Bonchev–Trinajstić information content (AvgIpc) is 3.15. The van der Waals surface area contributed by atoms with Gasteiger partial charge in [0.05, 0.1) is 17.2 Å². The summed E-state index contributed by atoms with van der Waals surface area (Å²) in [5, 5.41) is 4.14. The third-order valence-electron chi connectivity index (χ3n) is 3.89. The van der Waals surface area contributed by atoms with Gasteiger partial charge in [-0.15, -0.1) is 0 Å². The van der Waals surface area contributed by atoms with Crippen molar-refractivity contribution < 1.29 is 17.9 Å². The minimum Gasteiger partial charge on any atom is -0.461 e. The molecule has 1 unspecified atom stereocenters. The van der Waals surface area contributed by atoms with Crippen LogP contribution in [0.5, 0.6) is 0 Å². The highest BCUT2D eigenvalue weighted by Gasteiger charge is 2.29. The number of hydrogen-bond donors (Lipinski definition) is 0. The number of hydrogen-bond acceptors (Lipinski definition) is 5. The molecular formula is C16H18N2O4S. The van der Waals surface area contributed by atoms with Gasteiger partial charge >= 0.3 is 5.97 Å². The van der Waals surface area contributed by atoms with Gasteiger partial charge in [-0.3, -0.25) is 4.79 Å². The summed E-state index contributed by atoms with van der Waals surface area (Å²) < 4.78 is 29.7. The number of sulfone groups is 1. The number of carbonyl (C=O) groups is 1. The summed E-state index contributed by atoms with van der Waals surface area (Å²) in [5.41, 5.74) is 1.81. The Morgan fingerprint density at radius 3 is 2.70 bits per heavy atom. The number of benzene rings is 1. The summed E-state index contributed by atoms with van der Waals surface area (Å²) in [6.07, 6.45) is 4.28. The monoisotopic (exact) mass is 334 g/mol. The van der Waals surface area contributed by atoms with Gasteiger partial charge in [-0.1, -0.05) is 12.1 Å². The molecule has 0 amide bonds. The molecule has 1 aromatic carbocycles. The van der Waals surface area contributed by atoms with E-state index in [1.807, 2.05) is 36.5 Å². The fraction of sp³-hybridized carbons (Fsp3) is 0.375. The molecule has 2 heterocycles. The molecule has 1 aliphatic rings. The zero-order valence-electron chi connectivity index (χ0n) is 12.6. The Morgan fingerprint density at radius 1 is 1.30 bits per heavy atom. The summed E-state index contributed by atoms with van der Waals surface area (Å²) in [7, 11) is -2.95. The van der Waals surface area contributed by atoms with E-state index in [-0.39, 0.29) is 36.4 Å². The van der Waals surface area contributed by atoms with Gasteiger partial charge in [0, 0.05) is 18.8 Å². The molecule has 1 saturated heterocycles. The highest BCUT2D eigenvalue weighted by molar-refractivity contribution is 7.91. The molecule has 0 radical (unpaired) electrons. The summed E-state index contributed by atoms with van der Waals surface area (Å²) >= 11 is 0. The topological polar surface area (TPSA) is 78.3 Å². The quantitative estimate of drug-likeness (QED) is 0.778. The van der Waals surface area contributed by atoms with Crippen LogP contribution in [0.2, 0.25) is 0 Å². The van der Waals surface area contributed by atoms with Gasteiger partial charge in [0.2, 0.25) is 0 Å². The van der Waals surface area contributed by atoms with Crippen LogP contribution >= 0.6 is 0 Å². The number of rotatable bonds is 5. The van der Waals surface area contributed by atoms with Crippen LogP contribution in [0.25, 0.3) is 5.69 Å². The molecule has 0 N–H and O–H groups in total. The second kappa shape index (κ2) is 6.54. The second-order valence-electron chi connectivity index (χ2n) is 5.75. The average molecular weight is 334 g/mol. The van der Waals surface area contributed by atoms with Gasteiger partial charge in [0.1, 0.15) is 6.61 Å². The van der Waals surface area contributed by atoms with E-state index in [1.165, 1.54) is 0 Å². The third kappa shape index (κ3) is 4.19. The van der Waals surface area contributed by atoms with Gasteiger partial charge in [-0.25, -0.2) is 13.1 Å². The van der Waals surface area contributed by atoms with Crippen molar-refractivity contribution in [3.63, 3.8) is 0 Å². The first kappa shape index (κ1) is 15.7. The molecule has 3 rings (SSSR count). The number of ether oxygens (including phenoxy) is 1. The van der Waals surface area contributed by atoms with E-state index >= 15 is 0 Å². The minimum absolute atomic E-state index is 0.0979. The molecule has 23 heavy (non-hydrogen) atoms. The lowest BCUT2D eigenvalue weighted by molar-refractivity contribution is -0.145. The molecule has 1 aliphatic heterocycles. The molecule has 122 valence electrons. The first-order chi connectivity index (χ1) is 11.0. The lowest BCUT2D eigenvalue weighted by Gasteiger charge is -2.09. The van der Waals surface area contributed by atoms with Crippen molar-refractivity contribution in [2.75, 3.05) is 11.5 Å². The van der Waals surface area contributed by atoms with Crippen molar-refractivity contribution in [1.29, 1.82) is 0 Å². The van der Waals surface area contributed by atoms with E-state index in [0.717, 1.165) is 11.3 Å². The van der Waals surface area contributed by atoms with E-state index in [1.54, 1.807) is 10.9 Å². The Bertz CT molecular complexity index is 767. The number of nitrogens with zero attached hydrogens (tertiary/aromatic N) is 2. The molecule has 7 heteroatoms. The van der Waals surface area contributed by atoms with Crippen LogP contribution in [0.3, 0.4) is 0 Å². The molecule has 1 atom stereocenters. The number of esters is 1. The van der Waals surface area contributed by atoms with Gasteiger partial charge in [-0.05, 0) is 36.1 Å². The molecule has 2 aromatic rings. The van der Waals surface area contributed by atoms with Crippen molar-refractivity contribution in [3.05, 3.63) is 48.3 Å². The molecule has 0 saturated carbocycles. The maximum atomic E-state index is 11.8. The van der Waals surface area contributed by atoms with Gasteiger partial charge in [0.25, 0.3) is 0 Å². The van der Waals surface area contributed by atoms with E-state index in [9.17, 15) is 13.2 Å². The Hall–Kier alpha value is -2.15. The molecule has 6 nitrogen and oxygen atoms in total. The first-order valence-corrected chi connectivity index (χ1v) is 9.29. The van der Waals surface area contributed by atoms with E-state index in [4.69, 9.17) is 4.74 Å². The smallest absolute Gasteiger partial charge is 0.306 e. The minimum atomic E-state index is -2.95. The van der Waals surface area contributed by atoms with E-state index < -0.39 is 9.84 Å². The van der Waals surface area contributed by atoms with Gasteiger partial charge in [0.15, 0.2) is 9.84 Å². The zero-order chi connectivity index (χ0) is 16.3. The molecule has 0 spiro atoms. The third-order valence-corrected chi connectivity index (χ3v) is 5.72. The van der Waals surface area contributed by atoms with Gasteiger partial charge < -0.3 is 4.74 Å². The second-order valence-corrected chi connectivity index (χ2v) is 7.98. The van der Waals surface area contributed by atoms with Crippen molar-refractivity contribution in [2.24, 2.45) is 5.92 Å². The van der Waals surface area contributed by atoms with Crippen molar-refractivity contribution >= 4 is 15.8 Å². The fourth-order valence-corrected chi connectivity index (χ4v) is 4.52. The molecule has 1 fully saturated rings. The normalized spacial score (nSPS) is 19.6. The SMILES string of the molecule is O=C(CC1CCS(=O)(=O)C1)OCc1ccc(-n2cccn2)cc1. The van der Waals surface area contributed by atoms with E-state index in [2.05, 4.69) is 5.10 Å². The van der Waals surface area contributed by atoms with Crippen molar-refractivity contribution in [3.8, 4) is 5.69 Å². The Labute approximate surface area is 135 Å². The van der Waals surface area contributed by atoms with Crippen molar-refractivity contribution in [2.45, 2.75) is 19.4 Å². The number of aromatic nitrogens is 2. The largest absolute Gasteiger partial charge is 0.461 e. The Morgan fingerprint density at radius 2 is 2.09 bits per heavy atom. The molecule has 1 aromatic heterocycles.